The molecule has 45 heavy (non-hydrogen) atoms. The van der Waals surface area contributed by atoms with E-state index in [1.165, 1.54) is 59.1 Å². The maximum atomic E-state index is 6.28. The molecule has 0 spiro atoms. The lowest BCUT2D eigenvalue weighted by Crippen LogP contribution is -2.15. The fourth-order valence-electron chi connectivity index (χ4n) is 7.16. The molecule has 6 aromatic carbocycles. The maximum Gasteiger partial charge on any atom is 0.135 e. The van der Waals surface area contributed by atoms with Gasteiger partial charge in [0, 0.05) is 42.4 Å². The molecule has 2 atom stereocenters. The van der Waals surface area contributed by atoms with E-state index in [0.29, 0.717) is 0 Å². The van der Waals surface area contributed by atoms with Gasteiger partial charge in [-0.2, -0.15) is 0 Å². The minimum atomic E-state index is 0.0748. The van der Waals surface area contributed by atoms with Crippen LogP contribution in [-0.2, 0) is 0 Å². The normalized spacial score (nSPS) is 16.9. The number of furan rings is 1. The van der Waals surface area contributed by atoms with Gasteiger partial charge >= 0.3 is 0 Å². The van der Waals surface area contributed by atoms with E-state index in [2.05, 4.69) is 133 Å². The topological polar surface area (TPSA) is 22.4 Å². The fourth-order valence-corrected chi connectivity index (χ4v) is 8.25. The van der Waals surface area contributed by atoms with Crippen molar-refractivity contribution in [1.82, 2.24) is 0 Å². The van der Waals surface area contributed by atoms with Crippen LogP contribution in [0.15, 0.2) is 150 Å². The molecule has 10 rings (SSSR count). The monoisotopic (exact) mass is 594 g/mol. The average molecular weight is 595 g/mol. The third-order valence-electron chi connectivity index (χ3n) is 9.40. The highest BCUT2D eigenvalue weighted by Crippen LogP contribution is 2.44. The third-order valence-corrected chi connectivity index (χ3v) is 10.6. The average Bonchev–Trinajstić information content (AvgIpc) is 3.78. The van der Waals surface area contributed by atoms with Gasteiger partial charge in [-0.25, -0.2) is 0 Å². The number of hydrogen-bond donors (Lipinski definition) is 0. The van der Waals surface area contributed by atoms with Gasteiger partial charge in [-0.3, -0.25) is 0 Å². The number of hydrogen-bond acceptors (Lipinski definition) is 3. The van der Waals surface area contributed by atoms with E-state index in [-0.39, 0.29) is 12.0 Å². The summed E-state index contributed by atoms with van der Waals surface area (Å²) in [6.45, 7) is 0. The molecular weight excluding hydrogens is 569 g/mol. The van der Waals surface area contributed by atoms with Crippen LogP contribution >= 0.6 is 11.3 Å². The Morgan fingerprint density at radius 2 is 1.11 bits per heavy atom. The van der Waals surface area contributed by atoms with Crippen LogP contribution in [0.1, 0.15) is 11.5 Å². The van der Waals surface area contributed by atoms with Gasteiger partial charge in [-0.1, -0.05) is 72.8 Å². The number of benzene rings is 6. The smallest absolute Gasteiger partial charge is 0.135 e. The molecule has 212 valence electrons. The zero-order valence-electron chi connectivity index (χ0n) is 24.2. The van der Waals surface area contributed by atoms with Crippen LogP contribution in [0.4, 0.5) is 0 Å². The molecule has 2 nitrogen and oxygen atoms in total. The highest BCUT2D eigenvalue weighted by molar-refractivity contribution is 7.25. The molecule has 3 heteroatoms. The van der Waals surface area contributed by atoms with Gasteiger partial charge < -0.3 is 9.15 Å². The zero-order chi connectivity index (χ0) is 29.5. The van der Waals surface area contributed by atoms with E-state index in [1.807, 2.05) is 23.5 Å². The van der Waals surface area contributed by atoms with Crippen LogP contribution in [0.3, 0.4) is 0 Å². The summed E-state index contributed by atoms with van der Waals surface area (Å²) in [5.74, 6) is 1.23. The lowest BCUT2D eigenvalue weighted by molar-refractivity contribution is 0.269. The van der Waals surface area contributed by atoms with Gasteiger partial charge in [0.15, 0.2) is 0 Å². The molecule has 1 aliphatic heterocycles. The van der Waals surface area contributed by atoms with Crippen molar-refractivity contribution in [3.63, 3.8) is 0 Å². The van der Waals surface area contributed by atoms with E-state index in [4.69, 9.17) is 9.15 Å². The van der Waals surface area contributed by atoms with Gasteiger partial charge in [0.25, 0.3) is 0 Å². The SMILES string of the molecule is C1=CC2Oc3ccc(-c4cc(-c5ccc6oc7ccccc7c6c5)cc(-c5ccc6sc7ccccc7c6c5)c4)cc3C2C=C1. The molecule has 8 aromatic rings. The first kappa shape index (κ1) is 25.0. The quantitative estimate of drug-likeness (QED) is 0.203. The maximum absolute atomic E-state index is 6.28. The number of ether oxygens (including phenoxy) is 1. The van der Waals surface area contributed by atoms with Gasteiger partial charge in [-0.15, -0.1) is 11.3 Å². The van der Waals surface area contributed by atoms with E-state index in [0.717, 1.165) is 27.7 Å². The van der Waals surface area contributed by atoms with Crippen LogP contribution in [0, 0.1) is 0 Å². The molecule has 0 amide bonds. The lowest BCUT2D eigenvalue weighted by atomic mass is 9.88. The molecule has 0 saturated carbocycles. The van der Waals surface area contributed by atoms with Crippen LogP contribution in [0.5, 0.6) is 5.75 Å². The van der Waals surface area contributed by atoms with Crippen molar-refractivity contribution in [2.75, 3.05) is 0 Å². The molecule has 0 N–H and O–H groups in total. The van der Waals surface area contributed by atoms with Crippen molar-refractivity contribution in [3.8, 4) is 39.1 Å². The Hall–Kier alpha value is -5.38. The minimum absolute atomic E-state index is 0.0748. The summed E-state index contributed by atoms with van der Waals surface area (Å²) < 4.78 is 15.1. The number of thiophene rings is 1. The molecule has 2 aromatic heterocycles. The van der Waals surface area contributed by atoms with Gasteiger partial charge in [-0.05, 0) is 106 Å². The molecule has 1 aliphatic carbocycles. The van der Waals surface area contributed by atoms with Crippen molar-refractivity contribution in [2.24, 2.45) is 0 Å². The first-order chi connectivity index (χ1) is 22.2. The first-order valence-electron chi connectivity index (χ1n) is 15.4. The van der Waals surface area contributed by atoms with Gasteiger partial charge in [0.05, 0.1) is 0 Å². The molecule has 2 aliphatic rings. The second-order valence-corrected chi connectivity index (χ2v) is 13.1. The van der Waals surface area contributed by atoms with Gasteiger partial charge in [0.2, 0.25) is 0 Å². The lowest BCUT2D eigenvalue weighted by Gasteiger charge is -2.14. The molecule has 3 heterocycles. The molecule has 0 radical (unpaired) electrons. The number of rotatable bonds is 3. The molecule has 0 saturated heterocycles. The Balaban J connectivity index is 1.17. The second-order valence-electron chi connectivity index (χ2n) is 12.0. The summed E-state index contributed by atoms with van der Waals surface area (Å²) in [5, 5.41) is 4.90. The minimum Gasteiger partial charge on any atom is -0.485 e. The Morgan fingerprint density at radius 3 is 1.98 bits per heavy atom. The van der Waals surface area contributed by atoms with Crippen LogP contribution < -0.4 is 4.74 Å². The molecule has 0 bridgehead atoms. The number of para-hydroxylation sites is 1. The highest BCUT2D eigenvalue weighted by Gasteiger charge is 2.32. The second kappa shape index (κ2) is 9.56. The predicted molar refractivity (Wildman–Crippen MR) is 188 cm³/mol. The Kier molecular flexibility index (Phi) is 5.31. The van der Waals surface area contributed by atoms with Crippen LogP contribution in [0.2, 0.25) is 0 Å². The van der Waals surface area contributed by atoms with E-state index >= 15 is 0 Å². The summed E-state index contributed by atoms with van der Waals surface area (Å²) in [7, 11) is 0. The third kappa shape index (κ3) is 3.94. The predicted octanol–water partition coefficient (Wildman–Crippen LogP) is 11.9. The van der Waals surface area contributed by atoms with Crippen LogP contribution in [0.25, 0.3) is 75.5 Å². The Labute approximate surface area is 264 Å². The summed E-state index contributed by atoms with van der Waals surface area (Å²) in [6.07, 6.45) is 8.70. The number of allylic oxidation sites excluding steroid dienone is 2. The first-order valence-corrected chi connectivity index (χ1v) is 16.2. The summed E-state index contributed by atoms with van der Waals surface area (Å²) in [6, 6.07) is 44.2. The zero-order valence-corrected chi connectivity index (χ0v) is 25.1. The van der Waals surface area contributed by atoms with E-state index in [9.17, 15) is 0 Å². The molecular formula is C42H26O2S. The summed E-state index contributed by atoms with van der Waals surface area (Å²) in [5.41, 5.74) is 10.2. The summed E-state index contributed by atoms with van der Waals surface area (Å²) in [4.78, 5) is 0. The van der Waals surface area contributed by atoms with E-state index in [1.54, 1.807) is 0 Å². The fraction of sp³-hybridized carbons (Fsp3) is 0.0476. The van der Waals surface area contributed by atoms with Crippen molar-refractivity contribution in [1.29, 1.82) is 0 Å². The van der Waals surface area contributed by atoms with Crippen molar-refractivity contribution in [3.05, 3.63) is 151 Å². The largest absolute Gasteiger partial charge is 0.485 e. The van der Waals surface area contributed by atoms with Crippen LogP contribution in [-0.4, -0.2) is 6.10 Å². The van der Waals surface area contributed by atoms with Crippen molar-refractivity contribution in [2.45, 2.75) is 12.0 Å². The Morgan fingerprint density at radius 1 is 0.467 bits per heavy atom. The summed E-state index contributed by atoms with van der Waals surface area (Å²) >= 11 is 1.86. The Bertz CT molecular complexity index is 2410. The van der Waals surface area contributed by atoms with E-state index < -0.39 is 0 Å². The molecule has 0 fully saturated rings. The van der Waals surface area contributed by atoms with Crippen molar-refractivity contribution >= 4 is 53.4 Å². The number of fused-ring (bicyclic) bond motifs is 9. The van der Waals surface area contributed by atoms with Crippen molar-refractivity contribution < 1.29 is 9.15 Å². The standard InChI is InChI=1S/C42H26O2S/c1-4-10-37-31(7-1)34-22-25(13-16-39(34)43-37)28-19-29(26-14-17-40-35(23-26)32-8-2-5-11-38(32)44-40)21-30(20-28)27-15-18-42-36(24-27)33-9-3-6-12-41(33)45-42/h1-24,31,37H. The van der Waals surface area contributed by atoms with Gasteiger partial charge in [0.1, 0.15) is 23.0 Å². The molecule has 2 unspecified atom stereocenters. The highest BCUT2D eigenvalue weighted by atomic mass is 32.1.